The van der Waals surface area contributed by atoms with E-state index in [1.165, 1.54) is 24.1 Å². The zero-order valence-corrected chi connectivity index (χ0v) is 11.4. The lowest BCUT2D eigenvalue weighted by molar-refractivity contribution is -0.207. The predicted octanol–water partition coefficient (Wildman–Crippen LogP) is 2.71. The summed E-state index contributed by atoms with van der Waals surface area (Å²) in [5.74, 6) is -0.259. The number of nitrogens with zero attached hydrogens (tertiary/aromatic N) is 1. The third kappa shape index (κ3) is 5.52. The van der Waals surface area contributed by atoms with Gasteiger partial charge in [-0.25, -0.2) is 4.39 Å². The van der Waals surface area contributed by atoms with Crippen LogP contribution in [0.5, 0.6) is 5.75 Å². The SMILES string of the molecule is CN(CCOc1ccc(F)cc1Cl)CC(O)C(F)(F)F. The molecule has 0 spiro atoms. The third-order valence-electron chi connectivity index (χ3n) is 2.49. The molecule has 1 atom stereocenters. The zero-order valence-electron chi connectivity index (χ0n) is 10.6. The van der Waals surface area contributed by atoms with Crippen LogP contribution >= 0.6 is 11.6 Å². The van der Waals surface area contributed by atoms with Gasteiger partial charge in [0, 0.05) is 13.1 Å². The van der Waals surface area contributed by atoms with Gasteiger partial charge in [0.2, 0.25) is 0 Å². The molecule has 114 valence electrons. The Bertz CT molecular complexity index is 442. The fourth-order valence-electron chi connectivity index (χ4n) is 1.39. The molecule has 0 aliphatic heterocycles. The van der Waals surface area contributed by atoms with Crippen LogP contribution in [0.4, 0.5) is 17.6 Å². The fourth-order valence-corrected chi connectivity index (χ4v) is 1.62. The molecule has 0 saturated carbocycles. The molecule has 0 amide bonds. The quantitative estimate of drug-likeness (QED) is 0.819. The van der Waals surface area contributed by atoms with Crippen LogP contribution < -0.4 is 4.74 Å². The van der Waals surface area contributed by atoms with Crippen molar-refractivity contribution in [1.29, 1.82) is 0 Å². The van der Waals surface area contributed by atoms with Gasteiger partial charge in [0.25, 0.3) is 0 Å². The Morgan fingerprint density at radius 2 is 2.05 bits per heavy atom. The standard InChI is InChI=1S/C12H14ClF4NO2/c1-18(7-11(19)12(15,16)17)4-5-20-10-3-2-8(14)6-9(10)13/h2-3,6,11,19H,4-5,7H2,1H3. The van der Waals surface area contributed by atoms with Gasteiger partial charge in [-0.05, 0) is 25.2 Å². The van der Waals surface area contributed by atoms with E-state index in [9.17, 15) is 17.6 Å². The summed E-state index contributed by atoms with van der Waals surface area (Å²) in [4.78, 5) is 1.27. The third-order valence-corrected chi connectivity index (χ3v) is 2.78. The van der Waals surface area contributed by atoms with E-state index in [0.29, 0.717) is 0 Å². The second kappa shape index (κ2) is 7.10. The van der Waals surface area contributed by atoms with Crippen LogP contribution in [-0.2, 0) is 0 Å². The summed E-state index contributed by atoms with van der Waals surface area (Å²) >= 11 is 5.72. The van der Waals surface area contributed by atoms with Gasteiger partial charge in [0.15, 0.2) is 6.10 Å². The first-order chi connectivity index (χ1) is 9.20. The van der Waals surface area contributed by atoms with Gasteiger partial charge >= 0.3 is 6.18 Å². The highest BCUT2D eigenvalue weighted by atomic mass is 35.5. The van der Waals surface area contributed by atoms with Crippen LogP contribution in [0.1, 0.15) is 0 Å². The molecule has 0 aliphatic carbocycles. The highest BCUT2D eigenvalue weighted by molar-refractivity contribution is 6.32. The van der Waals surface area contributed by atoms with Crippen molar-refractivity contribution in [1.82, 2.24) is 4.90 Å². The summed E-state index contributed by atoms with van der Waals surface area (Å²) in [5, 5.41) is 8.96. The number of aliphatic hydroxyl groups is 1. The Morgan fingerprint density at radius 3 is 2.60 bits per heavy atom. The highest BCUT2D eigenvalue weighted by Crippen LogP contribution is 2.24. The lowest BCUT2D eigenvalue weighted by Gasteiger charge is -2.22. The molecule has 8 heteroatoms. The average Bonchev–Trinajstić information content (AvgIpc) is 2.30. The Labute approximate surface area is 118 Å². The molecule has 0 aliphatic rings. The van der Waals surface area contributed by atoms with E-state index in [4.69, 9.17) is 21.4 Å². The maximum absolute atomic E-state index is 12.8. The van der Waals surface area contributed by atoms with Crippen LogP contribution in [-0.4, -0.2) is 49.0 Å². The number of benzene rings is 1. The molecule has 0 heterocycles. The molecule has 0 aromatic heterocycles. The first-order valence-corrected chi connectivity index (χ1v) is 6.09. The molecule has 20 heavy (non-hydrogen) atoms. The normalized spacial score (nSPS) is 13.6. The second-order valence-electron chi connectivity index (χ2n) is 4.24. The van der Waals surface area contributed by atoms with Crippen LogP contribution in [0.15, 0.2) is 18.2 Å². The summed E-state index contributed by atoms with van der Waals surface area (Å²) in [7, 11) is 1.42. The number of ether oxygens (including phenoxy) is 1. The lowest BCUT2D eigenvalue weighted by atomic mass is 10.3. The molecule has 0 radical (unpaired) electrons. The summed E-state index contributed by atoms with van der Waals surface area (Å²) in [6, 6.07) is 3.58. The number of alkyl halides is 3. The van der Waals surface area contributed by atoms with Crippen LogP contribution in [0, 0.1) is 5.82 Å². The van der Waals surface area contributed by atoms with E-state index in [-0.39, 0.29) is 23.9 Å². The van der Waals surface area contributed by atoms with Gasteiger partial charge in [-0.15, -0.1) is 0 Å². The van der Waals surface area contributed by atoms with Crippen molar-refractivity contribution in [2.45, 2.75) is 12.3 Å². The smallest absolute Gasteiger partial charge is 0.415 e. The van der Waals surface area contributed by atoms with Crippen molar-refractivity contribution in [2.75, 3.05) is 26.7 Å². The molecule has 1 N–H and O–H groups in total. The number of hydrogen-bond acceptors (Lipinski definition) is 3. The molecule has 1 aromatic rings. The van der Waals surface area contributed by atoms with Gasteiger partial charge in [0.05, 0.1) is 5.02 Å². The largest absolute Gasteiger partial charge is 0.491 e. The van der Waals surface area contributed by atoms with Crippen molar-refractivity contribution in [2.24, 2.45) is 0 Å². The maximum Gasteiger partial charge on any atom is 0.415 e. The number of halogens is 5. The molecule has 1 unspecified atom stereocenters. The minimum Gasteiger partial charge on any atom is -0.491 e. The van der Waals surface area contributed by atoms with Gasteiger partial charge in [-0.3, -0.25) is 0 Å². The fraction of sp³-hybridized carbons (Fsp3) is 0.500. The van der Waals surface area contributed by atoms with Crippen molar-refractivity contribution < 1.29 is 27.4 Å². The topological polar surface area (TPSA) is 32.7 Å². The molecule has 0 fully saturated rings. The van der Waals surface area contributed by atoms with E-state index in [2.05, 4.69) is 0 Å². The number of rotatable bonds is 6. The molecular formula is C12H14ClF4NO2. The second-order valence-corrected chi connectivity index (χ2v) is 4.65. The van der Waals surface area contributed by atoms with Gasteiger partial charge in [0.1, 0.15) is 18.2 Å². The Kier molecular flexibility index (Phi) is 6.04. The minimum atomic E-state index is -4.64. The Hall–Kier alpha value is -1.05. The number of likely N-dealkylation sites (N-methyl/N-ethyl adjacent to an activating group) is 1. The van der Waals surface area contributed by atoms with Crippen molar-refractivity contribution in [3.8, 4) is 5.75 Å². The lowest BCUT2D eigenvalue weighted by Crippen LogP contribution is -2.40. The molecular weight excluding hydrogens is 302 g/mol. The van der Waals surface area contributed by atoms with Gasteiger partial charge in [-0.1, -0.05) is 11.6 Å². The molecule has 0 saturated heterocycles. The number of aliphatic hydroxyl groups excluding tert-OH is 1. The van der Waals surface area contributed by atoms with E-state index in [1.54, 1.807) is 0 Å². The van der Waals surface area contributed by atoms with E-state index in [1.807, 2.05) is 0 Å². The van der Waals surface area contributed by atoms with Crippen LogP contribution in [0.3, 0.4) is 0 Å². The first-order valence-electron chi connectivity index (χ1n) is 5.71. The highest BCUT2D eigenvalue weighted by Gasteiger charge is 2.38. The van der Waals surface area contributed by atoms with E-state index < -0.39 is 24.6 Å². The zero-order chi connectivity index (χ0) is 15.3. The van der Waals surface area contributed by atoms with Crippen LogP contribution in [0.25, 0.3) is 0 Å². The number of hydrogen-bond donors (Lipinski definition) is 1. The first kappa shape index (κ1) is 17.0. The summed E-state index contributed by atoms with van der Waals surface area (Å²) < 4.78 is 54.4. The van der Waals surface area contributed by atoms with Crippen molar-refractivity contribution >= 4 is 11.6 Å². The van der Waals surface area contributed by atoms with E-state index in [0.717, 1.165) is 6.07 Å². The summed E-state index contributed by atoms with van der Waals surface area (Å²) in [6.45, 7) is -0.336. The maximum atomic E-state index is 12.8. The minimum absolute atomic E-state index is 0.0619. The van der Waals surface area contributed by atoms with Crippen LogP contribution in [0.2, 0.25) is 5.02 Å². The Balaban J connectivity index is 2.37. The van der Waals surface area contributed by atoms with Gasteiger partial charge < -0.3 is 14.7 Å². The van der Waals surface area contributed by atoms with Crippen molar-refractivity contribution in [3.05, 3.63) is 29.0 Å². The molecule has 1 aromatic carbocycles. The molecule has 0 bridgehead atoms. The average molecular weight is 316 g/mol. The van der Waals surface area contributed by atoms with Crippen molar-refractivity contribution in [3.63, 3.8) is 0 Å². The Morgan fingerprint density at radius 1 is 1.40 bits per heavy atom. The predicted molar refractivity (Wildman–Crippen MR) is 66.5 cm³/mol. The molecule has 1 rings (SSSR count). The molecule has 3 nitrogen and oxygen atoms in total. The monoisotopic (exact) mass is 315 g/mol. The van der Waals surface area contributed by atoms with Gasteiger partial charge in [-0.2, -0.15) is 13.2 Å². The summed E-state index contributed by atoms with van der Waals surface area (Å²) in [6.07, 6.45) is -7.04. The summed E-state index contributed by atoms with van der Waals surface area (Å²) in [5.41, 5.74) is 0. The van der Waals surface area contributed by atoms with E-state index >= 15 is 0 Å².